The first kappa shape index (κ1) is 15.2. The quantitative estimate of drug-likeness (QED) is 0.922. The van der Waals surface area contributed by atoms with Crippen LogP contribution in [0.4, 0.5) is 0 Å². The van der Waals surface area contributed by atoms with E-state index < -0.39 is 10.0 Å². The van der Waals surface area contributed by atoms with Gasteiger partial charge >= 0.3 is 0 Å². The van der Waals surface area contributed by atoms with Gasteiger partial charge in [0.1, 0.15) is 0 Å². The fourth-order valence-electron chi connectivity index (χ4n) is 1.95. The van der Waals surface area contributed by atoms with Crippen LogP contribution in [0.15, 0.2) is 59.5 Å². The smallest absolute Gasteiger partial charge is 0.211 e. The maximum atomic E-state index is 12.2. The molecule has 2 aromatic carbocycles. The van der Waals surface area contributed by atoms with Gasteiger partial charge in [0.2, 0.25) is 10.0 Å². The monoisotopic (exact) mass is 300 g/mol. The van der Waals surface area contributed by atoms with Crippen LogP contribution in [0.25, 0.3) is 0 Å². The van der Waals surface area contributed by atoms with Crippen molar-refractivity contribution >= 4 is 10.0 Å². The van der Waals surface area contributed by atoms with E-state index in [4.69, 9.17) is 5.26 Å². The second-order valence-corrected chi connectivity index (χ2v) is 6.57. The van der Waals surface area contributed by atoms with Gasteiger partial charge in [0, 0.05) is 6.54 Å². The first-order valence-electron chi connectivity index (χ1n) is 6.58. The molecular formula is C16H16N2O2S. The lowest BCUT2D eigenvalue weighted by atomic mass is 10.0. The Morgan fingerprint density at radius 2 is 1.86 bits per heavy atom. The van der Waals surface area contributed by atoms with Crippen LogP contribution >= 0.6 is 0 Å². The van der Waals surface area contributed by atoms with Crippen molar-refractivity contribution in [3.63, 3.8) is 0 Å². The Morgan fingerprint density at radius 1 is 1.14 bits per heavy atom. The van der Waals surface area contributed by atoms with Crippen molar-refractivity contribution in [1.29, 1.82) is 5.26 Å². The molecule has 0 aliphatic rings. The molecule has 0 bridgehead atoms. The van der Waals surface area contributed by atoms with Crippen molar-refractivity contribution in [3.8, 4) is 6.07 Å². The highest BCUT2D eigenvalue weighted by atomic mass is 32.2. The zero-order chi connectivity index (χ0) is 15.3. The largest absolute Gasteiger partial charge is 0.240 e. The molecule has 0 radical (unpaired) electrons. The normalized spacial score (nSPS) is 12.6. The summed E-state index contributed by atoms with van der Waals surface area (Å²) in [6.07, 6.45) is 0. The van der Waals surface area contributed by atoms with Crippen molar-refractivity contribution in [2.24, 2.45) is 0 Å². The van der Waals surface area contributed by atoms with Gasteiger partial charge in [-0.25, -0.2) is 13.1 Å². The molecule has 0 saturated carbocycles. The van der Waals surface area contributed by atoms with E-state index in [0.29, 0.717) is 12.1 Å². The first-order chi connectivity index (χ1) is 10.0. The standard InChI is InChI=1S/C16H16N2O2S/c1-13(15-7-3-2-4-8-15)12-18-21(19,20)16-9-5-6-14(10-16)11-17/h2-10,13,18H,12H2,1H3/t13-/m0/s1. The SMILES string of the molecule is C[C@@H](CNS(=O)(=O)c1cccc(C#N)c1)c1ccccc1. The number of hydrogen-bond donors (Lipinski definition) is 1. The summed E-state index contributed by atoms with van der Waals surface area (Å²) in [4.78, 5) is 0.113. The Morgan fingerprint density at radius 3 is 2.52 bits per heavy atom. The number of benzene rings is 2. The summed E-state index contributed by atoms with van der Waals surface area (Å²) < 4.78 is 27.0. The van der Waals surface area contributed by atoms with Crippen molar-refractivity contribution in [2.45, 2.75) is 17.7 Å². The summed E-state index contributed by atoms with van der Waals surface area (Å²) in [7, 11) is -3.60. The lowest BCUT2D eigenvalue weighted by Gasteiger charge is -2.13. The molecule has 1 atom stereocenters. The van der Waals surface area contributed by atoms with Gasteiger partial charge in [-0.2, -0.15) is 5.26 Å². The second kappa shape index (κ2) is 6.53. The Balaban J connectivity index is 2.10. The molecule has 108 valence electrons. The molecule has 0 unspecified atom stereocenters. The molecule has 4 nitrogen and oxygen atoms in total. The molecule has 21 heavy (non-hydrogen) atoms. The minimum atomic E-state index is -3.60. The number of nitrogens with zero attached hydrogens (tertiary/aromatic N) is 1. The molecule has 0 fully saturated rings. The number of hydrogen-bond acceptors (Lipinski definition) is 3. The number of sulfonamides is 1. The maximum Gasteiger partial charge on any atom is 0.240 e. The van der Waals surface area contributed by atoms with Gasteiger partial charge in [0.15, 0.2) is 0 Å². The van der Waals surface area contributed by atoms with Crippen LogP contribution in [0.3, 0.4) is 0 Å². The lowest BCUT2D eigenvalue weighted by molar-refractivity contribution is 0.575. The fraction of sp³-hybridized carbons (Fsp3) is 0.188. The van der Waals surface area contributed by atoms with Gasteiger partial charge in [0.05, 0.1) is 16.5 Å². The highest BCUT2D eigenvalue weighted by molar-refractivity contribution is 7.89. The van der Waals surface area contributed by atoms with Gasteiger partial charge in [-0.1, -0.05) is 43.3 Å². The van der Waals surface area contributed by atoms with Crippen LogP contribution < -0.4 is 4.72 Å². The van der Waals surface area contributed by atoms with Crippen LogP contribution in [0.1, 0.15) is 24.0 Å². The van der Waals surface area contributed by atoms with E-state index in [-0.39, 0.29) is 10.8 Å². The van der Waals surface area contributed by atoms with E-state index in [2.05, 4.69) is 4.72 Å². The third-order valence-electron chi connectivity index (χ3n) is 3.22. The van der Waals surface area contributed by atoms with Gasteiger partial charge in [-0.3, -0.25) is 0 Å². The Labute approximate surface area is 125 Å². The number of nitriles is 1. The Hall–Kier alpha value is -2.16. The zero-order valence-electron chi connectivity index (χ0n) is 11.7. The Kier molecular flexibility index (Phi) is 4.73. The van der Waals surface area contributed by atoms with E-state index >= 15 is 0 Å². The molecule has 5 heteroatoms. The Bertz CT molecular complexity index is 749. The number of nitrogens with one attached hydrogen (secondary N) is 1. The molecular weight excluding hydrogens is 284 g/mol. The van der Waals surface area contributed by atoms with Crippen LogP contribution in [0, 0.1) is 11.3 Å². The zero-order valence-corrected chi connectivity index (χ0v) is 12.5. The van der Waals surface area contributed by atoms with Gasteiger partial charge in [-0.15, -0.1) is 0 Å². The van der Waals surface area contributed by atoms with Gasteiger partial charge in [-0.05, 0) is 29.7 Å². The minimum absolute atomic E-state index is 0.0696. The summed E-state index contributed by atoms with van der Waals surface area (Å²) in [5, 5.41) is 8.83. The second-order valence-electron chi connectivity index (χ2n) is 4.80. The van der Waals surface area contributed by atoms with Crippen LogP contribution in [-0.4, -0.2) is 15.0 Å². The molecule has 0 aliphatic heterocycles. The third kappa shape index (κ3) is 3.91. The van der Waals surface area contributed by atoms with Crippen molar-refractivity contribution in [1.82, 2.24) is 4.72 Å². The van der Waals surface area contributed by atoms with E-state index in [9.17, 15) is 8.42 Å². The molecule has 0 spiro atoms. The molecule has 0 aromatic heterocycles. The molecule has 2 aromatic rings. The summed E-state index contributed by atoms with van der Waals surface area (Å²) in [6.45, 7) is 2.27. The highest BCUT2D eigenvalue weighted by Crippen LogP contribution is 2.15. The topological polar surface area (TPSA) is 70.0 Å². The maximum absolute atomic E-state index is 12.2. The summed E-state index contributed by atoms with van der Waals surface area (Å²) in [6, 6.07) is 17.6. The molecule has 0 heterocycles. The average Bonchev–Trinajstić information content (AvgIpc) is 2.53. The lowest BCUT2D eigenvalue weighted by Crippen LogP contribution is -2.27. The van der Waals surface area contributed by atoms with Gasteiger partial charge < -0.3 is 0 Å². The van der Waals surface area contributed by atoms with E-state index in [1.54, 1.807) is 12.1 Å². The average molecular weight is 300 g/mol. The third-order valence-corrected chi connectivity index (χ3v) is 4.64. The predicted octanol–water partition coefficient (Wildman–Crippen LogP) is 2.64. The van der Waals surface area contributed by atoms with Crippen molar-refractivity contribution in [2.75, 3.05) is 6.54 Å². The highest BCUT2D eigenvalue weighted by Gasteiger charge is 2.16. The van der Waals surface area contributed by atoms with Crippen LogP contribution in [-0.2, 0) is 10.0 Å². The van der Waals surface area contributed by atoms with Gasteiger partial charge in [0.25, 0.3) is 0 Å². The summed E-state index contributed by atoms with van der Waals surface area (Å²) >= 11 is 0. The predicted molar refractivity (Wildman–Crippen MR) is 81.2 cm³/mol. The minimum Gasteiger partial charge on any atom is -0.211 e. The van der Waals surface area contributed by atoms with E-state index in [1.165, 1.54) is 12.1 Å². The first-order valence-corrected chi connectivity index (χ1v) is 8.06. The molecule has 0 aliphatic carbocycles. The molecule has 0 saturated heterocycles. The fourth-order valence-corrected chi connectivity index (χ4v) is 3.13. The van der Waals surface area contributed by atoms with Crippen LogP contribution in [0.2, 0.25) is 0 Å². The van der Waals surface area contributed by atoms with Crippen molar-refractivity contribution in [3.05, 3.63) is 65.7 Å². The van der Waals surface area contributed by atoms with E-state index in [1.807, 2.05) is 43.3 Å². The molecule has 2 rings (SSSR count). The van der Waals surface area contributed by atoms with Crippen molar-refractivity contribution < 1.29 is 8.42 Å². The summed E-state index contributed by atoms with van der Waals surface area (Å²) in [5.41, 5.74) is 1.40. The summed E-state index contributed by atoms with van der Waals surface area (Å²) in [5.74, 6) is 0.0696. The molecule has 0 amide bonds. The number of rotatable bonds is 5. The molecule has 1 N–H and O–H groups in total. The van der Waals surface area contributed by atoms with E-state index in [0.717, 1.165) is 5.56 Å². The van der Waals surface area contributed by atoms with Crippen LogP contribution in [0.5, 0.6) is 0 Å².